The molecule has 8 heteroatoms. The van der Waals surface area contributed by atoms with Crippen molar-refractivity contribution < 1.29 is 14.4 Å². The number of benzene rings is 2. The van der Waals surface area contributed by atoms with Crippen LogP contribution in [0.5, 0.6) is 0 Å². The van der Waals surface area contributed by atoms with Crippen molar-refractivity contribution in [3.05, 3.63) is 88.2 Å². The van der Waals surface area contributed by atoms with E-state index in [2.05, 4.69) is 20.9 Å². The second-order valence-corrected chi connectivity index (χ2v) is 6.82. The fraction of sp³-hybridized carbons (Fsp3) is 0.0909. The van der Waals surface area contributed by atoms with E-state index in [4.69, 9.17) is 11.6 Å². The number of nitrogens with zero attached hydrogens (tertiary/aromatic N) is 1. The van der Waals surface area contributed by atoms with E-state index >= 15 is 0 Å². The Bertz CT molecular complexity index is 1120. The van der Waals surface area contributed by atoms with Gasteiger partial charge in [-0.15, -0.1) is 0 Å². The van der Waals surface area contributed by atoms with Gasteiger partial charge in [0.15, 0.2) is 0 Å². The highest BCUT2D eigenvalue weighted by Crippen LogP contribution is 2.25. The summed E-state index contributed by atoms with van der Waals surface area (Å²) >= 11 is 6.06. The molecule has 0 atom stereocenters. The third-order valence-electron chi connectivity index (χ3n) is 4.39. The highest BCUT2D eigenvalue weighted by atomic mass is 35.5. The number of carbonyl (C=O) groups excluding carboxylic acids is 3. The Labute approximate surface area is 178 Å². The van der Waals surface area contributed by atoms with Crippen molar-refractivity contribution in [2.45, 2.75) is 6.92 Å². The first kappa shape index (κ1) is 21.0. The lowest BCUT2D eigenvalue weighted by Gasteiger charge is -2.14. The van der Waals surface area contributed by atoms with Crippen molar-refractivity contribution in [3.8, 4) is 0 Å². The van der Waals surface area contributed by atoms with Crippen LogP contribution in [-0.2, 0) is 0 Å². The van der Waals surface area contributed by atoms with Crippen molar-refractivity contribution >= 4 is 40.7 Å². The monoisotopic (exact) mass is 422 g/mol. The molecule has 3 aromatic rings. The summed E-state index contributed by atoms with van der Waals surface area (Å²) in [6, 6.07) is 12.9. The lowest BCUT2D eigenvalue weighted by Crippen LogP contribution is -2.20. The Morgan fingerprint density at radius 3 is 2.30 bits per heavy atom. The molecule has 3 rings (SSSR count). The Hall–Kier alpha value is -3.71. The summed E-state index contributed by atoms with van der Waals surface area (Å²) in [5.74, 6) is -1.15. The molecule has 0 aliphatic heterocycles. The number of carbonyl (C=O) groups is 3. The number of aryl methyl sites for hydroxylation is 1. The van der Waals surface area contributed by atoms with Gasteiger partial charge in [-0.25, -0.2) is 0 Å². The predicted molar refractivity (Wildman–Crippen MR) is 116 cm³/mol. The number of anilines is 2. The zero-order chi connectivity index (χ0) is 21.7. The highest BCUT2D eigenvalue weighted by molar-refractivity contribution is 6.34. The molecule has 0 aliphatic carbocycles. The molecule has 1 aromatic heterocycles. The maximum atomic E-state index is 12.9. The van der Waals surface area contributed by atoms with Crippen molar-refractivity contribution in [3.63, 3.8) is 0 Å². The van der Waals surface area contributed by atoms with Gasteiger partial charge in [-0.2, -0.15) is 0 Å². The van der Waals surface area contributed by atoms with Crippen LogP contribution in [0.25, 0.3) is 0 Å². The van der Waals surface area contributed by atoms with Crippen molar-refractivity contribution in [1.82, 2.24) is 10.3 Å². The molecule has 7 nitrogen and oxygen atoms in total. The first-order valence-electron chi connectivity index (χ1n) is 9.04. The van der Waals surface area contributed by atoms with Gasteiger partial charge in [0.25, 0.3) is 17.7 Å². The molecule has 0 saturated heterocycles. The van der Waals surface area contributed by atoms with Gasteiger partial charge in [-0.05, 0) is 48.9 Å². The van der Waals surface area contributed by atoms with Gasteiger partial charge >= 0.3 is 0 Å². The van der Waals surface area contributed by atoms with Gasteiger partial charge in [0.2, 0.25) is 0 Å². The summed E-state index contributed by atoms with van der Waals surface area (Å²) in [5.41, 5.74) is 2.48. The fourth-order valence-electron chi connectivity index (χ4n) is 2.82. The number of hydrogen-bond acceptors (Lipinski definition) is 4. The van der Waals surface area contributed by atoms with E-state index in [0.717, 1.165) is 5.56 Å². The molecule has 0 unspecified atom stereocenters. The molecular formula is C22H19ClN4O3. The number of halogens is 1. The van der Waals surface area contributed by atoms with Gasteiger partial charge in [0.1, 0.15) is 0 Å². The molecule has 0 fully saturated rings. The minimum absolute atomic E-state index is 0.243. The third kappa shape index (κ3) is 4.64. The summed E-state index contributed by atoms with van der Waals surface area (Å²) in [4.78, 5) is 41.3. The molecule has 0 radical (unpaired) electrons. The normalized spacial score (nSPS) is 10.2. The number of hydrogen-bond donors (Lipinski definition) is 3. The molecule has 0 saturated carbocycles. The second kappa shape index (κ2) is 9.19. The second-order valence-electron chi connectivity index (χ2n) is 6.42. The molecule has 1 heterocycles. The summed E-state index contributed by atoms with van der Waals surface area (Å²) in [5, 5.41) is 8.31. The van der Waals surface area contributed by atoms with Crippen LogP contribution in [0.1, 0.15) is 36.6 Å². The zero-order valence-corrected chi connectivity index (χ0v) is 17.1. The lowest BCUT2D eigenvalue weighted by molar-refractivity contribution is 0.0960. The summed E-state index contributed by atoms with van der Waals surface area (Å²) in [7, 11) is 1.49. The molecular weight excluding hydrogens is 404 g/mol. The van der Waals surface area contributed by atoms with Crippen LogP contribution in [0.15, 0.2) is 60.9 Å². The molecule has 3 amide bonds. The molecule has 3 N–H and O–H groups in total. The van der Waals surface area contributed by atoms with E-state index in [1.165, 1.54) is 31.6 Å². The number of para-hydroxylation sites is 1. The van der Waals surface area contributed by atoms with Crippen LogP contribution >= 0.6 is 11.6 Å². The van der Waals surface area contributed by atoms with Gasteiger partial charge in [0.05, 0.1) is 21.8 Å². The van der Waals surface area contributed by atoms with Crippen LogP contribution in [-0.4, -0.2) is 29.8 Å². The van der Waals surface area contributed by atoms with E-state index in [-0.39, 0.29) is 28.0 Å². The smallest absolute Gasteiger partial charge is 0.257 e. The predicted octanol–water partition coefficient (Wildman–Crippen LogP) is 3.91. The van der Waals surface area contributed by atoms with E-state index in [1.54, 1.807) is 43.3 Å². The summed E-state index contributed by atoms with van der Waals surface area (Å²) < 4.78 is 0. The topological polar surface area (TPSA) is 100 Å². The Morgan fingerprint density at radius 1 is 0.867 bits per heavy atom. The van der Waals surface area contributed by atoms with Crippen LogP contribution in [0, 0.1) is 6.92 Å². The van der Waals surface area contributed by atoms with Gasteiger partial charge in [-0.1, -0.05) is 23.7 Å². The Kier molecular flexibility index (Phi) is 6.44. The van der Waals surface area contributed by atoms with E-state index in [1.807, 2.05) is 0 Å². The number of aromatic nitrogens is 1. The average molecular weight is 423 g/mol. The highest BCUT2D eigenvalue weighted by Gasteiger charge is 2.17. The number of amides is 3. The zero-order valence-electron chi connectivity index (χ0n) is 16.3. The standard InChI is InChI=1S/C22H19ClN4O3/c1-13-4-3-5-16(19(13)27-20(28)14-8-10-25-11-9-14)22(30)26-15-6-7-18(23)17(12-15)21(29)24-2/h3-12H,1-2H3,(H,24,29)(H,26,30)(H,27,28). The van der Waals surface area contributed by atoms with Crippen molar-refractivity contribution in [2.24, 2.45) is 0 Å². The SMILES string of the molecule is CNC(=O)c1cc(NC(=O)c2cccc(C)c2NC(=O)c2ccncc2)ccc1Cl. The van der Waals surface area contributed by atoms with Gasteiger partial charge in [0, 0.05) is 30.7 Å². The largest absolute Gasteiger partial charge is 0.355 e. The third-order valence-corrected chi connectivity index (χ3v) is 4.72. The van der Waals surface area contributed by atoms with E-state index < -0.39 is 5.91 Å². The maximum Gasteiger partial charge on any atom is 0.257 e. The molecule has 152 valence electrons. The van der Waals surface area contributed by atoms with Crippen LogP contribution in [0.3, 0.4) is 0 Å². The summed E-state index contributed by atoms with van der Waals surface area (Å²) in [6.07, 6.45) is 3.04. The lowest BCUT2D eigenvalue weighted by atomic mass is 10.1. The Balaban J connectivity index is 1.88. The first-order valence-corrected chi connectivity index (χ1v) is 9.42. The van der Waals surface area contributed by atoms with Gasteiger partial charge < -0.3 is 16.0 Å². The van der Waals surface area contributed by atoms with Crippen molar-refractivity contribution in [1.29, 1.82) is 0 Å². The summed E-state index contributed by atoms with van der Waals surface area (Å²) in [6.45, 7) is 1.80. The fourth-order valence-corrected chi connectivity index (χ4v) is 3.03. The Morgan fingerprint density at radius 2 is 1.60 bits per heavy atom. The van der Waals surface area contributed by atoms with E-state index in [9.17, 15) is 14.4 Å². The van der Waals surface area contributed by atoms with Crippen LogP contribution < -0.4 is 16.0 Å². The molecule has 0 bridgehead atoms. The number of nitrogens with one attached hydrogen (secondary N) is 3. The molecule has 2 aromatic carbocycles. The number of rotatable bonds is 5. The first-order chi connectivity index (χ1) is 14.4. The van der Waals surface area contributed by atoms with Crippen LogP contribution in [0.2, 0.25) is 5.02 Å². The number of pyridine rings is 1. The van der Waals surface area contributed by atoms with Crippen LogP contribution in [0.4, 0.5) is 11.4 Å². The molecule has 0 spiro atoms. The minimum Gasteiger partial charge on any atom is -0.355 e. The van der Waals surface area contributed by atoms with Crippen molar-refractivity contribution in [2.75, 3.05) is 17.7 Å². The average Bonchev–Trinajstić information content (AvgIpc) is 2.76. The minimum atomic E-state index is -0.436. The van der Waals surface area contributed by atoms with Gasteiger partial charge in [-0.3, -0.25) is 19.4 Å². The molecule has 30 heavy (non-hydrogen) atoms. The molecule has 0 aliphatic rings. The van der Waals surface area contributed by atoms with E-state index in [0.29, 0.717) is 16.9 Å². The maximum absolute atomic E-state index is 12.9. The quantitative estimate of drug-likeness (QED) is 0.580.